The minimum atomic E-state index is 0.287. The van der Waals surface area contributed by atoms with Crippen LogP contribution in [-0.2, 0) is 6.42 Å². The predicted molar refractivity (Wildman–Crippen MR) is 73.8 cm³/mol. The van der Waals surface area contributed by atoms with Crippen molar-refractivity contribution in [2.45, 2.75) is 6.42 Å². The number of phenols is 1. The molecule has 0 spiro atoms. The Morgan fingerprint density at radius 1 is 1.17 bits per heavy atom. The van der Waals surface area contributed by atoms with E-state index in [1.807, 2.05) is 36.7 Å². The fraction of sp³-hybridized carbons (Fsp3) is 0.0714. The molecular formula is C14H11BrN2O. The van der Waals surface area contributed by atoms with Crippen molar-refractivity contribution in [2.75, 3.05) is 0 Å². The highest BCUT2D eigenvalue weighted by atomic mass is 79.9. The summed E-state index contributed by atoms with van der Waals surface area (Å²) in [5.41, 5.74) is 2.19. The maximum absolute atomic E-state index is 9.26. The van der Waals surface area contributed by atoms with Gasteiger partial charge in [-0.3, -0.25) is 0 Å². The highest BCUT2D eigenvalue weighted by Crippen LogP contribution is 2.20. The van der Waals surface area contributed by atoms with Crippen LogP contribution >= 0.6 is 15.9 Å². The molecule has 2 heterocycles. The van der Waals surface area contributed by atoms with Gasteiger partial charge in [0.25, 0.3) is 0 Å². The van der Waals surface area contributed by atoms with Crippen LogP contribution < -0.4 is 0 Å². The summed E-state index contributed by atoms with van der Waals surface area (Å²) in [6.07, 6.45) is 4.60. The Labute approximate surface area is 113 Å². The number of aromatic nitrogens is 2. The molecule has 90 valence electrons. The molecule has 3 nitrogen and oxygen atoms in total. The highest BCUT2D eigenvalue weighted by Gasteiger charge is 2.06. The normalized spacial score (nSPS) is 10.9. The molecule has 0 aliphatic heterocycles. The lowest BCUT2D eigenvalue weighted by molar-refractivity contribution is 0.475. The van der Waals surface area contributed by atoms with Gasteiger partial charge in [-0.1, -0.05) is 12.1 Å². The van der Waals surface area contributed by atoms with E-state index in [4.69, 9.17) is 0 Å². The number of rotatable bonds is 2. The number of halogens is 1. The monoisotopic (exact) mass is 302 g/mol. The molecule has 0 radical (unpaired) electrons. The standard InChI is InChI=1S/C14H11BrN2O/c15-12-2-1-7-17-13(12)9-16-14(17)8-10-3-5-11(18)6-4-10/h1-7,9,18H,8H2. The topological polar surface area (TPSA) is 37.5 Å². The van der Waals surface area contributed by atoms with Gasteiger partial charge >= 0.3 is 0 Å². The van der Waals surface area contributed by atoms with Gasteiger partial charge in [-0.15, -0.1) is 0 Å². The molecule has 4 heteroatoms. The van der Waals surface area contributed by atoms with Crippen LogP contribution in [0.1, 0.15) is 11.4 Å². The third-order valence-corrected chi connectivity index (χ3v) is 3.57. The van der Waals surface area contributed by atoms with Crippen molar-refractivity contribution in [3.05, 3.63) is 64.7 Å². The lowest BCUT2D eigenvalue weighted by Crippen LogP contribution is -1.96. The summed E-state index contributed by atoms with van der Waals surface area (Å²) >= 11 is 3.51. The molecule has 1 aromatic carbocycles. The summed E-state index contributed by atoms with van der Waals surface area (Å²) < 4.78 is 3.10. The Morgan fingerprint density at radius 3 is 2.72 bits per heavy atom. The molecule has 0 saturated carbocycles. The van der Waals surface area contributed by atoms with Crippen molar-refractivity contribution in [3.8, 4) is 5.75 Å². The fourth-order valence-electron chi connectivity index (χ4n) is 1.97. The molecule has 0 bridgehead atoms. The SMILES string of the molecule is Oc1ccc(Cc2ncc3c(Br)cccn23)cc1. The van der Waals surface area contributed by atoms with Crippen molar-refractivity contribution in [1.29, 1.82) is 0 Å². The van der Waals surface area contributed by atoms with Gasteiger partial charge in [-0.25, -0.2) is 4.98 Å². The van der Waals surface area contributed by atoms with Gasteiger partial charge in [0, 0.05) is 17.1 Å². The first-order valence-electron chi connectivity index (χ1n) is 5.62. The molecule has 2 aromatic heterocycles. The second-order valence-electron chi connectivity index (χ2n) is 4.13. The maximum Gasteiger partial charge on any atom is 0.117 e. The van der Waals surface area contributed by atoms with Crippen LogP contribution in [0.2, 0.25) is 0 Å². The van der Waals surface area contributed by atoms with E-state index in [2.05, 4.69) is 25.3 Å². The molecule has 0 amide bonds. The number of nitrogens with zero attached hydrogens (tertiary/aromatic N) is 2. The Morgan fingerprint density at radius 2 is 1.94 bits per heavy atom. The summed E-state index contributed by atoms with van der Waals surface area (Å²) in [6, 6.07) is 11.2. The summed E-state index contributed by atoms with van der Waals surface area (Å²) in [6.45, 7) is 0. The van der Waals surface area contributed by atoms with E-state index in [-0.39, 0.29) is 5.75 Å². The van der Waals surface area contributed by atoms with Crippen LogP contribution in [0.15, 0.2) is 53.3 Å². The zero-order valence-corrected chi connectivity index (χ0v) is 11.1. The van der Waals surface area contributed by atoms with E-state index in [1.165, 1.54) is 0 Å². The van der Waals surface area contributed by atoms with Gasteiger partial charge < -0.3 is 9.51 Å². The van der Waals surface area contributed by atoms with Crippen molar-refractivity contribution >= 4 is 21.4 Å². The lowest BCUT2D eigenvalue weighted by Gasteiger charge is -2.03. The highest BCUT2D eigenvalue weighted by molar-refractivity contribution is 9.10. The Bertz CT molecular complexity index is 689. The number of hydrogen-bond donors (Lipinski definition) is 1. The number of aromatic hydroxyl groups is 1. The smallest absolute Gasteiger partial charge is 0.117 e. The third kappa shape index (κ3) is 1.99. The minimum Gasteiger partial charge on any atom is -0.508 e. The first kappa shape index (κ1) is 11.3. The fourth-order valence-corrected chi connectivity index (χ4v) is 2.41. The van der Waals surface area contributed by atoms with Crippen molar-refractivity contribution in [1.82, 2.24) is 9.38 Å². The van der Waals surface area contributed by atoms with Crippen molar-refractivity contribution in [2.24, 2.45) is 0 Å². The molecule has 0 unspecified atom stereocenters. The van der Waals surface area contributed by atoms with E-state index in [0.717, 1.165) is 27.8 Å². The summed E-state index contributed by atoms with van der Waals surface area (Å²) in [5, 5.41) is 9.26. The molecule has 18 heavy (non-hydrogen) atoms. The molecule has 1 N–H and O–H groups in total. The second kappa shape index (κ2) is 4.46. The Balaban J connectivity index is 2.00. The molecular weight excluding hydrogens is 292 g/mol. The number of hydrogen-bond acceptors (Lipinski definition) is 2. The molecule has 0 atom stereocenters. The van der Waals surface area contributed by atoms with Gasteiger partial charge in [0.05, 0.1) is 11.7 Å². The Hall–Kier alpha value is -1.81. The minimum absolute atomic E-state index is 0.287. The van der Waals surface area contributed by atoms with Crippen molar-refractivity contribution in [3.63, 3.8) is 0 Å². The van der Waals surface area contributed by atoms with Crippen LogP contribution in [0.3, 0.4) is 0 Å². The van der Waals surface area contributed by atoms with Gasteiger partial charge in [0.15, 0.2) is 0 Å². The number of fused-ring (bicyclic) bond motifs is 1. The average molecular weight is 303 g/mol. The number of benzene rings is 1. The van der Waals surface area contributed by atoms with Crippen LogP contribution in [-0.4, -0.2) is 14.5 Å². The van der Waals surface area contributed by atoms with Crippen LogP contribution in [0, 0.1) is 0 Å². The molecule has 0 aliphatic carbocycles. The Kier molecular flexibility index (Phi) is 2.80. The maximum atomic E-state index is 9.26. The number of phenolic OH excluding ortho intramolecular Hbond substituents is 1. The first-order chi connectivity index (χ1) is 8.74. The van der Waals surface area contributed by atoms with Crippen LogP contribution in [0.25, 0.3) is 5.52 Å². The lowest BCUT2D eigenvalue weighted by atomic mass is 10.1. The van der Waals surface area contributed by atoms with Crippen molar-refractivity contribution < 1.29 is 5.11 Å². The van der Waals surface area contributed by atoms with E-state index in [1.54, 1.807) is 12.1 Å². The first-order valence-corrected chi connectivity index (χ1v) is 6.42. The number of pyridine rings is 1. The molecule has 3 aromatic rings. The third-order valence-electron chi connectivity index (χ3n) is 2.89. The van der Waals surface area contributed by atoms with E-state index in [9.17, 15) is 5.11 Å². The largest absolute Gasteiger partial charge is 0.508 e. The molecule has 3 rings (SSSR count). The van der Waals surface area contributed by atoms with Gasteiger partial charge in [-0.2, -0.15) is 0 Å². The van der Waals surface area contributed by atoms with E-state index >= 15 is 0 Å². The van der Waals surface area contributed by atoms with E-state index in [0.29, 0.717) is 0 Å². The predicted octanol–water partition coefficient (Wildman–Crippen LogP) is 3.39. The van der Waals surface area contributed by atoms with E-state index < -0.39 is 0 Å². The summed E-state index contributed by atoms with van der Waals surface area (Å²) in [5.74, 6) is 1.27. The number of imidazole rings is 1. The van der Waals surface area contributed by atoms with Gasteiger partial charge in [0.2, 0.25) is 0 Å². The second-order valence-corrected chi connectivity index (χ2v) is 4.98. The zero-order valence-electron chi connectivity index (χ0n) is 9.55. The quantitative estimate of drug-likeness (QED) is 0.788. The molecule has 0 aliphatic rings. The molecule has 0 saturated heterocycles. The van der Waals surface area contributed by atoms with Crippen LogP contribution in [0.4, 0.5) is 0 Å². The summed E-state index contributed by atoms with van der Waals surface area (Å²) in [7, 11) is 0. The summed E-state index contributed by atoms with van der Waals surface area (Å²) in [4.78, 5) is 4.44. The van der Waals surface area contributed by atoms with Crippen LogP contribution in [0.5, 0.6) is 5.75 Å². The average Bonchev–Trinajstić information content (AvgIpc) is 2.77. The van der Waals surface area contributed by atoms with Gasteiger partial charge in [0.1, 0.15) is 11.6 Å². The zero-order chi connectivity index (χ0) is 12.5. The molecule has 0 fully saturated rings. The van der Waals surface area contributed by atoms with Gasteiger partial charge in [-0.05, 0) is 45.8 Å².